The molecule has 1 unspecified atom stereocenters. The van der Waals surface area contributed by atoms with Crippen LogP contribution in [0.2, 0.25) is 0 Å². The first-order valence-corrected chi connectivity index (χ1v) is 12.8. The molecule has 0 amide bonds. The monoisotopic (exact) mass is 443 g/mol. The molecule has 0 spiro atoms. The molecule has 0 bridgehead atoms. The van der Waals surface area contributed by atoms with Crippen molar-refractivity contribution in [3.63, 3.8) is 0 Å². The second-order valence-electron chi connectivity index (χ2n) is 9.04. The van der Waals surface area contributed by atoms with Crippen molar-refractivity contribution in [1.82, 2.24) is 0 Å². The molecule has 0 radical (unpaired) electrons. The Morgan fingerprint density at radius 1 is 0.812 bits per heavy atom. The predicted octanol–water partition coefficient (Wildman–Crippen LogP) is 8.01. The molecule has 1 aromatic rings. The van der Waals surface area contributed by atoms with Crippen LogP contribution in [0.5, 0.6) is 0 Å². The molecule has 1 aromatic carbocycles. The van der Waals surface area contributed by atoms with E-state index in [1.54, 1.807) is 6.07 Å². The summed E-state index contributed by atoms with van der Waals surface area (Å²) in [7, 11) is 0. The zero-order valence-electron chi connectivity index (χ0n) is 20.5. The molecule has 180 valence electrons. The number of nitrogens with zero attached hydrogens (tertiary/aromatic N) is 1. The minimum Gasteiger partial charge on any atom is -0.397 e. The first-order valence-electron chi connectivity index (χ1n) is 12.8. The van der Waals surface area contributed by atoms with Crippen molar-refractivity contribution in [2.24, 2.45) is 5.92 Å². The van der Waals surface area contributed by atoms with E-state index >= 15 is 0 Å². The Labute approximate surface area is 195 Å². The highest BCUT2D eigenvalue weighted by molar-refractivity contribution is 5.76. The van der Waals surface area contributed by atoms with E-state index in [-0.39, 0.29) is 17.1 Å². The predicted molar refractivity (Wildman–Crippen MR) is 138 cm³/mol. The zero-order valence-corrected chi connectivity index (χ0v) is 20.5. The van der Waals surface area contributed by atoms with Gasteiger partial charge < -0.3 is 11.5 Å². The minimum atomic E-state index is -0.495. The number of unbranched alkanes of at least 4 members (excludes halogenated alkanes) is 12. The van der Waals surface area contributed by atoms with Crippen molar-refractivity contribution < 1.29 is 4.92 Å². The lowest BCUT2D eigenvalue weighted by Crippen LogP contribution is -2.02. The molecule has 0 fully saturated rings. The SMILES string of the molecule is CCCCCCCCCCC(C#Cc1cc(N)c(N)c([N+](=O)[O-])c1)CCCCCCCC. The van der Waals surface area contributed by atoms with Gasteiger partial charge in [0.15, 0.2) is 0 Å². The van der Waals surface area contributed by atoms with Gasteiger partial charge in [0, 0.05) is 17.5 Å². The van der Waals surface area contributed by atoms with E-state index in [2.05, 4.69) is 25.7 Å². The quantitative estimate of drug-likeness (QED) is 0.0837. The molecule has 0 saturated carbocycles. The van der Waals surface area contributed by atoms with Gasteiger partial charge in [-0.25, -0.2) is 0 Å². The number of hydrogen-bond donors (Lipinski definition) is 2. The number of rotatable bonds is 17. The van der Waals surface area contributed by atoms with E-state index in [1.165, 1.54) is 96.0 Å². The fourth-order valence-corrected chi connectivity index (χ4v) is 4.05. The molecule has 0 saturated heterocycles. The fourth-order valence-electron chi connectivity index (χ4n) is 4.05. The van der Waals surface area contributed by atoms with E-state index in [1.807, 2.05) is 0 Å². The third-order valence-corrected chi connectivity index (χ3v) is 6.12. The smallest absolute Gasteiger partial charge is 0.295 e. The van der Waals surface area contributed by atoms with Gasteiger partial charge >= 0.3 is 0 Å². The van der Waals surface area contributed by atoms with Gasteiger partial charge in [-0.15, -0.1) is 0 Å². The molecule has 5 nitrogen and oxygen atoms in total. The summed E-state index contributed by atoms with van der Waals surface area (Å²) < 4.78 is 0. The number of benzene rings is 1. The Bertz CT molecular complexity index is 722. The molecular weight excluding hydrogens is 398 g/mol. The average molecular weight is 444 g/mol. The Balaban J connectivity index is 2.64. The number of nitro groups is 1. The van der Waals surface area contributed by atoms with Crippen LogP contribution in [0.15, 0.2) is 12.1 Å². The van der Waals surface area contributed by atoms with Crippen LogP contribution < -0.4 is 11.5 Å². The van der Waals surface area contributed by atoms with Crippen molar-refractivity contribution in [3.8, 4) is 11.8 Å². The average Bonchev–Trinajstić information content (AvgIpc) is 2.77. The minimum absolute atomic E-state index is 0.0168. The maximum Gasteiger partial charge on any atom is 0.295 e. The third-order valence-electron chi connectivity index (χ3n) is 6.12. The number of nitrogen functional groups attached to an aromatic ring is 2. The summed E-state index contributed by atoms with van der Waals surface area (Å²) in [4.78, 5) is 10.7. The van der Waals surface area contributed by atoms with Crippen LogP contribution in [0, 0.1) is 27.9 Å². The lowest BCUT2D eigenvalue weighted by molar-refractivity contribution is -0.383. The molecule has 0 aromatic heterocycles. The molecule has 4 N–H and O–H groups in total. The van der Waals surface area contributed by atoms with Gasteiger partial charge in [0.25, 0.3) is 5.69 Å². The van der Waals surface area contributed by atoms with Crippen LogP contribution in [0.1, 0.15) is 122 Å². The van der Waals surface area contributed by atoms with Gasteiger partial charge in [-0.3, -0.25) is 10.1 Å². The van der Waals surface area contributed by atoms with E-state index in [9.17, 15) is 10.1 Å². The van der Waals surface area contributed by atoms with Crippen LogP contribution in [0.3, 0.4) is 0 Å². The molecule has 5 heteroatoms. The van der Waals surface area contributed by atoms with E-state index in [0.717, 1.165) is 12.8 Å². The fraction of sp³-hybridized carbons (Fsp3) is 0.704. The van der Waals surface area contributed by atoms with Crippen LogP contribution in [-0.2, 0) is 0 Å². The van der Waals surface area contributed by atoms with Crippen molar-refractivity contribution in [2.75, 3.05) is 11.5 Å². The summed E-state index contributed by atoms with van der Waals surface area (Å²) >= 11 is 0. The van der Waals surface area contributed by atoms with Gasteiger partial charge in [0.05, 0.1) is 10.6 Å². The molecule has 32 heavy (non-hydrogen) atoms. The lowest BCUT2D eigenvalue weighted by Gasteiger charge is -2.11. The number of nitro benzene ring substituents is 1. The van der Waals surface area contributed by atoms with E-state index < -0.39 is 4.92 Å². The standard InChI is InChI=1S/C27H45N3O2/c1-3-5-7-9-11-12-14-16-18-23(17-15-13-10-8-6-4-2)19-20-24-21-25(28)27(29)26(22-24)30(31)32/h21-23H,3-18,28-29H2,1-2H3. The van der Waals surface area contributed by atoms with Gasteiger partial charge in [0.1, 0.15) is 5.69 Å². The Kier molecular flexibility index (Phi) is 15.1. The Morgan fingerprint density at radius 2 is 1.28 bits per heavy atom. The Hall–Kier alpha value is -2.22. The van der Waals surface area contributed by atoms with Gasteiger partial charge in [-0.1, -0.05) is 116 Å². The van der Waals surface area contributed by atoms with Gasteiger partial charge in [-0.2, -0.15) is 0 Å². The summed E-state index contributed by atoms with van der Waals surface area (Å²) in [5.74, 6) is 6.89. The van der Waals surface area contributed by atoms with Crippen molar-refractivity contribution >= 4 is 17.1 Å². The highest BCUT2D eigenvalue weighted by Gasteiger charge is 2.15. The maximum atomic E-state index is 11.2. The van der Waals surface area contributed by atoms with Crippen LogP contribution >= 0.6 is 0 Å². The molecule has 0 heterocycles. The topological polar surface area (TPSA) is 95.2 Å². The summed E-state index contributed by atoms with van der Waals surface area (Å²) in [6.45, 7) is 4.49. The van der Waals surface area contributed by atoms with Crippen LogP contribution in [-0.4, -0.2) is 4.92 Å². The second kappa shape index (κ2) is 17.3. The highest BCUT2D eigenvalue weighted by Crippen LogP contribution is 2.29. The van der Waals surface area contributed by atoms with E-state index in [0.29, 0.717) is 11.5 Å². The summed E-state index contributed by atoms with van der Waals surface area (Å²) in [6.07, 6.45) is 20.3. The summed E-state index contributed by atoms with van der Waals surface area (Å²) in [5.41, 5.74) is 12.3. The lowest BCUT2D eigenvalue weighted by atomic mass is 9.94. The number of anilines is 2. The highest BCUT2D eigenvalue weighted by atomic mass is 16.6. The molecule has 1 rings (SSSR count). The second-order valence-corrected chi connectivity index (χ2v) is 9.04. The first kappa shape index (κ1) is 27.8. The first-order chi connectivity index (χ1) is 15.5. The zero-order chi connectivity index (χ0) is 23.6. The largest absolute Gasteiger partial charge is 0.397 e. The molecule has 0 aliphatic rings. The molecule has 1 atom stereocenters. The normalized spacial score (nSPS) is 11.7. The summed E-state index contributed by atoms with van der Waals surface area (Å²) in [5, 5.41) is 11.2. The van der Waals surface area contributed by atoms with Crippen molar-refractivity contribution in [1.29, 1.82) is 0 Å². The van der Waals surface area contributed by atoms with E-state index in [4.69, 9.17) is 11.5 Å². The number of nitrogens with two attached hydrogens (primary N) is 2. The van der Waals surface area contributed by atoms with Crippen LogP contribution in [0.25, 0.3) is 0 Å². The third kappa shape index (κ3) is 12.0. The van der Waals surface area contributed by atoms with Crippen molar-refractivity contribution in [3.05, 3.63) is 27.8 Å². The van der Waals surface area contributed by atoms with Crippen molar-refractivity contribution in [2.45, 2.75) is 117 Å². The number of hydrogen-bond acceptors (Lipinski definition) is 4. The molecular formula is C27H45N3O2. The van der Waals surface area contributed by atoms with Crippen LogP contribution in [0.4, 0.5) is 17.1 Å². The van der Waals surface area contributed by atoms with Gasteiger partial charge in [-0.05, 0) is 18.9 Å². The maximum absolute atomic E-state index is 11.2. The summed E-state index contributed by atoms with van der Waals surface area (Å²) in [6, 6.07) is 3.09. The molecule has 0 aliphatic carbocycles. The van der Waals surface area contributed by atoms with Gasteiger partial charge in [0.2, 0.25) is 0 Å². The Morgan fingerprint density at radius 3 is 1.75 bits per heavy atom. The molecule has 0 aliphatic heterocycles.